The summed E-state index contributed by atoms with van der Waals surface area (Å²) in [6.45, 7) is 8.27. The zero-order valence-corrected chi connectivity index (χ0v) is 30.9. The van der Waals surface area contributed by atoms with E-state index in [9.17, 15) is 0 Å². The molecule has 0 atom stereocenters. The average Bonchev–Trinajstić information content (AvgIpc) is 3.77. The lowest BCUT2D eigenvalue weighted by atomic mass is 9.70. The van der Waals surface area contributed by atoms with Crippen LogP contribution in [0.25, 0.3) is 83.3 Å². The first-order valence-electron chi connectivity index (χ1n) is 19.3. The predicted molar refractivity (Wildman–Crippen MR) is 232 cm³/mol. The van der Waals surface area contributed by atoms with E-state index in [0.29, 0.717) is 11.5 Å². The molecule has 0 fully saturated rings. The molecule has 2 aliphatic rings. The van der Waals surface area contributed by atoms with E-state index in [-0.39, 0.29) is 0 Å². The molecule has 3 nitrogen and oxygen atoms in total. The molecule has 0 aliphatic heterocycles. The van der Waals surface area contributed by atoms with Crippen molar-refractivity contribution < 1.29 is 0 Å². The fraction of sp³-hybridized carbons (Fsp3) is 0.0185. The van der Waals surface area contributed by atoms with Crippen LogP contribution in [-0.4, -0.2) is 9.97 Å². The Balaban J connectivity index is 1.07. The highest BCUT2D eigenvalue weighted by molar-refractivity contribution is 6.00. The number of nitrogens with zero attached hydrogens (tertiary/aromatic N) is 3. The van der Waals surface area contributed by atoms with Gasteiger partial charge < -0.3 is 0 Å². The van der Waals surface area contributed by atoms with Gasteiger partial charge in [-0.05, 0) is 91.0 Å². The van der Waals surface area contributed by atoms with Crippen molar-refractivity contribution in [3.8, 4) is 78.4 Å². The van der Waals surface area contributed by atoms with Gasteiger partial charge in [-0.15, -0.1) is 0 Å². The molecule has 3 heteroatoms. The molecule has 11 rings (SSSR count). The molecule has 57 heavy (non-hydrogen) atoms. The number of hydrogen-bond donors (Lipinski definition) is 0. The van der Waals surface area contributed by atoms with Crippen molar-refractivity contribution >= 4 is 5.69 Å². The molecular formula is C54H33N3. The van der Waals surface area contributed by atoms with Crippen molar-refractivity contribution in [2.24, 2.45) is 0 Å². The third kappa shape index (κ3) is 5.05. The summed E-state index contributed by atoms with van der Waals surface area (Å²) in [5.74, 6) is 0.678. The Kier molecular flexibility index (Phi) is 7.45. The molecule has 264 valence electrons. The second-order valence-electron chi connectivity index (χ2n) is 14.8. The van der Waals surface area contributed by atoms with E-state index in [4.69, 9.17) is 16.5 Å². The summed E-state index contributed by atoms with van der Waals surface area (Å²) in [4.78, 5) is 14.4. The molecule has 1 spiro atoms. The fourth-order valence-corrected chi connectivity index (χ4v) is 9.25. The number of fused-ring (bicyclic) bond motifs is 10. The second-order valence-corrected chi connectivity index (χ2v) is 14.8. The van der Waals surface area contributed by atoms with Gasteiger partial charge in [-0.1, -0.05) is 176 Å². The summed E-state index contributed by atoms with van der Waals surface area (Å²) < 4.78 is 0. The molecule has 0 saturated heterocycles. The van der Waals surface area contributed by atoms with Crippen molar-refractivity contribution in [2.45, 2.75) is 5.41 Å². The molecule has 8 aromatic carbocycles. The predicted octanol–water partition coefficient (Wildman–Crippen LogP) is 13.7. The summed E-state index contributed by atoms with van der Waals surface area (Å²) in [7, 11) is 0. The highest BCUT2D eigenvalue weighted by Crippen LogP contribution is 2.64. The van der Waals surface area contributed by atoms with Gasteiger partial charge in [0, 0.05) is 16.7 Å². The van der Waals surface area contributed by atoms with Crippen LogP contribution in [0.3, 0.4) is 0 Å². The first-order chi connectivity index (χ1) is 28.2. The second kappa shape index (κ2) is 13.0. The normalized spacial score (nSPS) is 12.7. The minimum absolute atomic E-state index is 0.498. The van der Waals surface area contributed by atoms with Crippen LogP contribution in [0.1, 0.15) is 22.3 Å². The molecule has 1 aromatic heterocycles. The van der Waals surface area contributed by atoms with E-state index in [1.807, 2.05) is 36.4 Å². The maximum absolute atomic E-state index is 8.27. The van der Waals surface area contributed by atoms with Crippen LogP contribution >= 0.6 is 0 Å². The molecule has 0 amide bonds. The maximum atomic E-state index is 8.27. The lowest BCUT2D eigenvalue weighted by molar-refractivity contribution is 0.794. The van der Waals surface area contributed by atoms with Gasteiger partial charge in [0.1, 0.15) is 0 Å². The van der Waals surface area contributed by atoms with Crippen molar-refractivity contribution in [3.63, 3.8) is 0 Å². The number of aromatic nitrogens is 2. The van der Waals surface area contributed by atoms with Gasteiger partial charge in [-0.25, -0.2) is 14.8 Å². The quantitative estimate of drug-likeness (QED) is 0.166. The Hall–Kier alpha value is -7.67. The van der Waals surface area contributed by atoms with Crippen LogP contribution in [0.15, 0.2) is 200 Å². The average molecular weight is 724 g/mol. The van der Waals surface area contributed by atoms with E-state index in [2.05, 4.69) is 169 Å². The van der Waals surface area contributed by atoms with E-state index < -0.39 is 5.41 Å². The summed E-state index contributed by atoms with van der Waals surface area (Å²) in [5.41, 5.74) is 18.9. The van der Waals surface area contributed by atoms with E-state index >= 15 is 0 Å². The van der Waals surface area contributed by atoms with E-state index in [1.54, 1.807) is 0 Å². The van der Waals surface area contributed by atoms with Crippen LogP contribution in [0.5, 0.6) is 0 Å². The highest BCUT2D eigenvalue weighted by atomic mass is 14.9. The van der Waals surface area contributed by atoms with Gasteiger partial charge in [-0.2, -0.15) is 0 Å². The molecule has 0 radical (unpaired) electrons. The monoisotopic (exact) mass is 723 g/mol. The van der Waals surface area contributed by atoms with Crippen molar-refractivity contribution in [3.05, 3.63) is 234 Å². The molecule has 1 heterocycles. The summed E-state index contributed by atoms with van der Waals surface area (Å²) >= 11 is 0. The minimum atomic E-state index is -0.498. The molecule has 9 aromatic rings. The minimum Gasteiger partial charge on any atom is -0.238 e. The van der Waals surface area contributed by atoms with Crippen LogP contribution in [-0.2, 0) is 5.41 Å². The van der Waals surface area contributed by atoms with Gasteiger partial charge in [-0.3, -0.25) is 0 Å². The Morgan fingerprint density at radius 3 is 1.54 bits per heavy atom. The van der Waals surface area contributed by atoms with Crippen molar-refractivity contribution in [1.29, 1.82) is 0 Å². The van der Waals surface area contributed by atoms with Crippen molar-refractivity contribution in [1.82, 2.24) is 9.97 Å². The lowest BCUT2D eigenvalue weighted by Gasteiger charge is -2.30. The number of hydrogen-bond acceptors (Lipinski definition) is 2. The summed E-state index contributed by atoms with van der Waals surface area (Å²) in [5, 5.41) is 0. The largest absolute Gasteiger partial charge is 0.238 e. The molecular weight excluding hydrogens is 691 g/mol. The van der Waals surface area contributed by atoms with Crippen LogP contribution in [0.2, 0.25) is 0 Å². The van der Waals surface area contributed by atoms with E-state index in [0.717, 1.165) is 61.5 Å². The fourth-order valence-electron chi connectivity index (χ4n) is 9.25. The zero-order chi connectivity index (χ0) is 37.9. The van der Waals surface area contributed by atoms with Gasteiger partial charge in [0.15, 0.2) is 11.5 Å². The maximum Gasteiger partial charge on any atom is 0.195 e. The van der Waals surface area contributed by atoms with Crippen LogP contribution < -0.4 is 0 Å². The lowest BCUT2D eigenvalue weighted by Crippen LogP contribution is -2.25. The van der Waals surface area contributed by atoms with Gasteiger partial charge in [0.05, 0.1) is 23.4 Å². The first-order valence-corrected chi connectivity index (χ1v) is 19.3. The summed E-state index contributed by atoms with van der Waals surface area (Å²) in [6.07, 6.45) is 0. The Morgan fingerprint density at radius 2 is 0.842 bits per heavy atom. The van der Waals surface area contributed by atoms with Crippen molar-refractivity contribution in [2.75, 3.05) is 0 Å². The van der Waals surface area contributed by atoms with Crippen LogP contribution in [0, 0.1) is 6.57 Å². The molecule has 0 bridgehead atoms. The Labute approximate surface area is 332 Å². The highest BCUT2D eigenvalue weighted by Gasteiger charge is 2.51. The molecule has 2 aliphatic carbocycles. The third-order valence-corrected chi connectivity index (χ3v) is 11.7. The smallest absolute Gasteiger partial charge is 0.195 e. The molecule has 0 N–H and O–H groups in total. The summed E-state index contributed by atoms with van der Waals surface area (Å²) in [6, 6.07) is 70.6. The standard InChI is InChI=1S/C54H33N3/c1-55-49-28-14-27-48-52(49)44-33-39(29-30-47(44)54(48)45-25-10-8-23-42(45)43-24-9-11-26-46(43)54)38-20-12-21-40(31-38)51-34-50(36-17-6-3-7-18-36)56-53(57-51)41-22-13-19-37(32-41)35-15-4-2-5-16-35/h2-34H. The first kappa shape index (κ1) is 32.7. The van der Waals surface area contributed by atoms with Gasteiger partial charge in [0.2, 0.25) is 0 Å². The number of rotatable bonds is 5. The Morgan fingerprint density at radius 1 is 0.351 bits per heavy atom. The molecule has 0 unspecified atom stereocenters. The van der Waals surface area contributed by atoms with Crippen LogP contribution in [0.4, 0.5) is 5.69 Å². The SMILES string of the molecule is [C-]#[N+]c1cccc2c1-c1cc(-c3cccc(-c4cc(-c5ccccc5)nc(-c5cccc(-c6ccccc6)c5)n4)c3)ccc1C21c2ccccc2-c2ccccc21. The Bertz CT molecular complexity index is 3040. The molecule has 0 saturated carbocycles. The zero-order valence-electron chi connectivity index (χ0n) is 30.9. The third-order valence-electron chi connectivity index (χ3n) is 11.7. The number of benzene rings is 8. The topological polar surface area (TPSA) is 30.1 Å². The van der Waals surface area contributed by atoms with Gasteiger partial charge >= 0.3 is 0 Å². The van der Waals surface area contributed by atoms with Gasteiger partial charge in [0.25, 0.3) is 0 Å². The van der Waals surface area contributed by atoms with E-state index in [1.165, 1.54) is 33.4 Å².